The van der Waals surface area contributed by atoms with E-state index in [1.165, 1.54) is 16.7 Å². The normalized spacial score (nSPS) is 11.6. The van der Waals surface area contributed by atoms with E-state index in [-0.39, 0.29) is 0 Å². The van der Waals surface area contributed by atoms with Crippen LogP contribution in [-0.2, 0) is 0 Å². The zero-order chi connectivity index (χ0) is 36.3. The van der Waals surface area contributed by atoms with Crippen LogP contribution in [0, 0.1) is 0 Å². The molecule has 0 fully saturated rings. The molecule has 0 spiro atoms. The number of hydrogen-bond donors (Lipinski definition) is 0. The van der Waals surface area contributed by atoms with Crippen molar-refractivity contribution in [2.45, 2.75) is 0 Å². The average molecular weight is 705 g/mol. The first-order valence-electron chi connectivity index (χ1n) is 18.5. The van der Waals surface area contributed by atoms with Crippen molar-refractivity contribution >= 4 is 71.6 Å². The minimum absolute atomic E-state index is 0.847. The summed E-state index contributed by atoms with van der Waals surface area (Å²) in [7, 11) is 0. The largest absolute Gasteiger partial charge is 0.456 e. The molecule has 5 nitrogen and oxygen atoms in total. The van der Waals surface area contributed by atoms with Gasteiger partial charge in [0.2, 0.25) is 0 Å². The van der Waals surface area contributed by atoms with Gasteiger partial charge in [0.25, 0.3) is 0 Å². The molecule has 0 aliphatic rings. The van der Waals surface area contributed by atoms with Gasteiger partial charge in [-0.15, -0.1) is 10.2 Å². The molecule has 11 rings (SSSR count). The van der Waals surface area contributed by atoms with Crippen molar-refractivity contribution in [3.05, 3.63) is 194 Å². The van der Waals surface area contributed by atoms with Gasteiger partial charge in [0.05, 0.1) is 5.69 Å². The van der Waals surface area contributed by atoms with Gasteiger partial charge in [-0.3, -0.25) is 0 Å². The van der Waals surface area contributed by atoms with E-state index in [0.29, 0.717) is 0 Å². The van der Waals surface area contributed by atoms with Crippen molar-refractivity contribution in [2.75, 3.05) is 4.90 Å². The molecule has 0 atom stereocenters. The summed E-state index contributed by atoms with van der Waals surface area (Å²) in [5.74, 6) is 0. The quantitative estimate of drug-likeness (QED) is 0.162. The van der Waals surface area contributed by atoms with Crippen LogP contribution in [0.2, 0.25) is 0 Å². The summed E-state index contributed by atoms with van der Waals surface area (Å²) in [6.07, 6.45) is 0. The van der Waals surface area contributed by atoms with Gasteiger partial charge in [-0.25, -0.2) is 0 Å². The Morgan fingerprint density at radius 3 is 1.93 bits per heavy atom. The Bertz CT molecular complexity index is 3220. The highest BCUT2D eigenvalue weighted by Crippen LogP contribution is 2.43. The van der Waals surface area contributed by atoms with Crippen LogP contribution in [0.1, 0.15) is 0 Å². The van der Waals surface area contributed by atoms with Crippen molar-refractivity contribution in [1.82, 2.24) is 15.0 Å². The van der Waals surface area contributed by atoms with Gasteiger partial charge in [-0.1, -0.05) is 127 Å². The molecule has 0 radical (unpaired) electrons. The molecule has 0 saturated carbocycles. The second kappa shape index (κ2) is 12.6. The van der Waals surface area contributed by atoms with Crippen molar-refractivity contribution in [2.24, 2.45) is 0 Å². The molecule has 9 aromatic carbocycles. The summed E-state index contributed by atoms with van der Waals surface area (Å²) >= 11 is 0. The fraction of sp³-hybridized carbons (Fsp3) is 0. The average Bonchev–Trinajstić information content (AvgIpc) is 3.86. The molecule has 0 aliphatic heterocycles. The van der Waals surface area contributed by atoms with Crippen molar-refractivity contribution in [3.8, 4) is 27.9 Å². The van der Waals surface area contributed by atoms with Crippen LogP contribution < -0.4 is 4.90 Å². The lowest BCUT2D eigenvalue weighted by molar-refractivity contribution is 0.669. The number of benzene rings is 9. The molecule has 0 aliphatic carbocycles. The Labute approximate surface area is 316 Å². The lowest BCUT2D eigenvalue weighted by Gasteiger charge is -2.26. The minimum Gasteiger partial charge on any atom is -0.456 e. The zero-order valence-electron chi connectivity index (χ0n) is 29.7. The van der Waals surface area contributed by atoms with Crippen LogP contribution in [0.3, 0.4) is 0 Å². The third-order valence-electron chi connectivity index (χ3n) is 10.6. The van der Waals surface area contributed by atoms with E-state index in [0.717, 1.165) is 82.8 Å². The van der Waals surface area contributed by atoms with Crippen LogP contribution in [0.4, 0.5) is 17.1 Å². The summed E-state index contributed by atoms with van der Waals surface area (Å²) in [5, 5.41) is 16.6. The second-order valence-corrected chi connectivity index (χ2v) is 13.9. The highest BCUT2D eigenvalue weighted by atomic mass is 16.3. The first-order chi connectivity index (χ1) is 27.2. The Morgan fingerprint density at radius 1 is 0.418 bits per heavy atom. The molecule has 2 aromatic heterocycles. The number of hydrogen-bond acceptors (Lipinski definition) is 4. The monoisotopic (exact) mass is 704 g/mol. The first-order valence-corrected chi connectivity index (χ1v) is 18.5. The summed E-state index contributed by atoms with van der Waals surface area (Å²) in [6, 6.07) is 68.2. The maximum atomic E-state index is 6.44. The Balaban J connectivity index is 1.13. The predicted octanol–water partition coefficient (Wildman–Crippen LogP) is 13.4. The molecule has 0 saturated heterocycles. The lowest BCUT2D eigenvalue weighted by Crippen LogP contribution is -2.10. The Morgan fingerprint density at radius 2 is 1.05 bits per heavy atom. The molecule has 0 bridgehead atoms. The summed E-state index contributed by atoms with van der Waals surface area (Å²) < 4.78 is 6.44. The molecule has 0 unspecified atom stereocenters. The highest BCUT2D eigenvalue weighted by Gasteiger charge is 2.19. The predicted molar refractivity (Wildman–Crippen MR) is 227 cm³/mol. The van der Waals surface area contributed by atoms with Crippen LogP contribution in [-0.4, -0.2) is 15.0 Å². The summed E-state index contributed by atoms with van der Waals surface area (Å²) in [4.78, 5) is 4.07. The van der Waals surface area contributed by atoms with Gasteiger partial charge in [-0.05, 0) is 99.1 Å². The van der Waals surface area contributed by atoms with Gasteiger partial charge in [0.1, 0.15) is 22.2 Å². The van der Waals surface area contributed by atoms with E-state index < -0.39 is 0 Å². The summed E-state index contributed by atoms with van der Waals surface area (Å²) in [6.45, 7) is 0. The molecule has 55 heavy (non-hydrogen) atoms. The van der Waals surface area contributed by atoms with E-state index in [1.807, 2.05) is 42.5 Å². The van der Waals surface area contributed by atoms with E-state index >= 15 is 0 Å². The summed E-state index contributed by atoms with van der Waals surface area (Å²) in [5.41, 5.74) is 12.1. The van der Waals surface area contributed by atoms with Crippen LogP contribution in [0.25, 0.3) is 82.5 Å². The number of aromatic nitrogens is 3. The molecular formula is C50H32N4O. The number of nitrogens with zero attached hydrogens (tertiary/aromatic N) is 4. The van der Waals surface area contributed by atoms with Gasteiger partial charge >= 0.3 is 0 Å². The highest BCUT2D eigenvalue weighted by molar-refractivity contribution is 6.19. The number of fused-ring (bicyclic) bond motifs is 8. The molecule has 0 N–H and O–H groups in total. The smallest absolute Gasteiger partial charge is 0.137 e. The minimum atomic E-state index is 0.847. The third-order valence-corrected chi connectivity index (χ3v) is 10.6. The fourth-order valence-electron chi connectivity index (χ4n) is 8.04. The standard InChI is InChI=1S/C50H32N4O/c1-3-12-33(13-4-1)41-18-7-8-19-42(41)36-14-11-17-38(30-36)53(40-27-28-44-43-20-9-10-21-47(43)55-48(44)32-40)39-26-24-34-22-23-35-25-29-46-50(49(35)45(34)31-39)52-54(51-46)37-15-5-2-6-16-37/h1-32H. The fourth-order valence-corrected chi connectivity index (χ4v) is 8.04. The maximum absolute atomic E-state index is 6.44. The van der Waals surface area contributed by atoms with Gasteiger partial charge in [0, 0.05) is 39.3 Å². The molecule has 258 valence electrons. The van der Waals surface area contributed by atoms with E-state index in [1.54, 1.807) is 4.80 Å². The maximum Gasteiger partial charge on any atom is 0.137 e. The molecule has 0 amide bonds. The van der Waals surface area contributed by atoms with Gasteiger partial charge < -0.3 is 9.32 Å². The molecule has 11 aromatic rings. The Hall–Kier alpha value is -7.50. The third kappa shape index (κ3) is 5.24. The lowest BCUT2D eigenvalue weighted by atomic mass is 9.94. The first kappa shape index (κ1) is 31.1. The van der Waals surface area contributed by atoms with Gasteiger partial charge in [0.15, 0.2) is 0 Å². The zero-order valence-corrected chi connectivity index (χ0v) is 29.7. The van der Waals surface area contributed by atoms with Crippen LogP contribution >= 0.6 is 0 Å². The van der Waals surface area contributed by atoms with Crippen molar-refractivity contribution in [1.29, 1.82) is 0 Å². The Kier molecular flexibility index (Phi) is 7.10. The molecule has 5 heteroatoms. The van der Waals surface area contributed by atoms with Crippen molar-refractivity contribution < 1.29 is 4.42 Å². The van der Waals surface area contributed by atoms with E-state index in [4.69, 9.17) is 14.6 Å². The van der Waals surface area contributed by atoms with E-state index in [2.05, 4.69) is 157 Å². The van der Waals surface area contributed by atoms with Crippen LogP contribution in [0.15, 0.2) is 199 Å². The van der Waals surface area contributed by atoms with Crippen molar-refractivity contribution in [3.63, 3.8) is 0 Å². The molecule has 2 heterocycles. The number of anilines is 3. The van der Waals surface area contributed by atoms with E-state index in [9.17, 15) is 0 Å². The SMILES string of the molecule is c1ccc(-c2ccccc2-c2cccc(N(c3ccc4c(c3)oc3ccccc34)c3ccc4ccc5ccc6nn(-c7ccccc7)nc6c5c4c3)c2)cc1. The second-order valence-electron chi connectivity index (χ2n) is 13.9. The number of para-hydroxylation sites is 2. The topological polar surface area (TPSA) is 47.1 Å². The number of rotatable bonds is 6. The van der Waals surface area contributed by atoms with Crippen LogP contribution in [0.5, 0.6) is 0 Å². The molecular weight excluding hydrogens is 673 g/mol. The number of furan rings is 1. The van der Waals surface area contributed by atoms with Gasteiger partial charge in [-0.2, -0.15) is 4.80 Å².